The Morgan fingerprint density at radius 1 is 1.44 bits per heavy atom. The van der Waals surface area contributed by atoms with Gasteiger partial charge < -0.3 is 10.6 Å². The minimum Gasteiger partial charge on any atom is -0.370 e. The highest BCUT2D eigenvalue weighted by atomic mass is 79.9. The van der Waals surface area contributed by atoms with Gasteiger partial charge in [-0.1, -0.05) is 6.92 Å². The first-order valence-corrected chi connectivity index (χ1v) is 5.84. The first-order valence-electron chi connectivity index (χ1n) is 5.05. The number of halogens is 2. The van der Waals surface area contributed by atoms with Crippen molar-refractivity contribution in [2.75, 3.05) is 10.6 Å². The van der Waals surface area contributed by atoms with Gasteiger partial charge in [0, 0.05) is 6.07 Å². The van der Waals surface area contributed by atoms with Crippen molar-refractivity contribution in [3.05, 3.63) is 22.4 Å². The van der Waals surface area contributed by atoms with E-state index in [0.717, 1.165) is 5.69 Å². The van der Waals surface area contributed by atoms with Crippen LogP contribution in [-0.2, 0) is 4.79 Å². The number of hydrogen-bond donors (Lipinski definition) is 2. The van der Waals surface area contributed by atoms with Crippen LogP contribution in [0.4, 0.5) is 15.8 Å². The van der Waals surface area contributed by atoms with Crippen molar-refractivity contribution < 1.29 is 9.18 Å². The van der Waals surface area contributed by atoms with Crippen LogP contribution >= 0.6 is 15.9 Å². The molecule has 3 nitrogen and oxygen atoms in total. The minimum atomic E-state index is -0.635. The lowest BCUT2D eigenvalue weighted by atomic mass is 9.94. The number of carbonyl (C=O) groups excluding carboxylic acids is 1. The molecule has 1 unspecified atom stereocenters. The summed E-state index contributed by atoms with van der Waals surface area (Å²) < 4.78 is 13.7. The number of benzene rings is 1. The van der Waals surface area contributed by atoms with E-state index in [4.69, 9.17) is 0 Å². The lowest BCUT2D eigenvalue weighted by molar-refractivity contribution is -0.120. The van der Waals surface area contributed by atoms with Crippen LogP contribution in [0.25, 0.3) is 0 Å². The van der Waals surface area contributed by atoms with Crippen molar-refractivity contribution in [1.29, 1.82) is 0 Å². The van der Waals surface area contributed by atoms with Crippen LogP contribution < -0.4 is 10.6 Å². The van der Waals surface area contributed by atoms with Gasteiger partial charge in [0.15, 0.2) is 0 Å². The fourth-order valence-corrected chi connectivity index (χ4v) is 1.96. The van der Waals surface area contributed by atoms with Crippen molar-refractivity contribution in [2.45, 2.75) is 25.8 Å². The van der Waals surface area contributed by atoms with Crippen molar-refractivity contribution in [2.24, 2.45) is 0 Å². The third kappa shape index (κ3) is 1.69. The van der Waals surface area contributed by atoms with Crippen LogP contribution in [0.15, 0.2) is 16.6 Å². The van der Waals surface area contributed by atoms with E-state index in [9.17, 15) is 9.18 Å². The monoisotopic (exact) mass is 286 g/mol. The lowest BCUT2D eigenvalue weighted by Crippen LogP contribution is -2.49. The molecule has 5 heteroatoms. The van der Waals surface area contributed by atoms with Crippen LogP contribution in [0.1, 0.15) is 20.3 Å². The molecule has 16 heavy (non-hydrogen) atoms. The van der Waals surface area contributed by atoms with Crippen LogP contribution in [0.5, 0.6) is 0 Å². The molecule has 1 aromatic rings. The molecule has 0 spiro atoms. The first kappa shape index (κ1) is 11.4. The summed E-state index contributed by atoms with van der Waals surface area (Å²) >= 11 is 3.12. The summed E-state index contributed by atoms with van der Waals surface area (Å²) in [5, 5.41) is 5.84. The van der Waals surface area contributed by atoms with Gasteiger partial charge in [-0.15, -0.1) is 0 Å². The molecule has 1 aromatic carbocycles. The number of fused-ring (bicyclic) bond motifs is 1. The molecular weight excluding hydrogens is 275 g/mol. The number of carbonyl (C=O) groups is 1. The second kappa shape index (κ2) is 3.73. The molecule has 86 valence electrons. The standard InChI is InChI=1S/C11H12BrFN2O/c1-3-11(2)10(16)14-8-5-7(13)6(12)4-9(8)15-11/h4-5,15H,3H2,1-2H3,(H,14,16). The zero-order chi connectivity index (χ0) is 11.9. The van der Waals surface area contributed by atoms with E-state index in [1.54, 1.807) is 6.07 Å². The quantitative estimate of drug-likeness (QED) is 0.833. The molecule has 0 aromatic heterocycles. The second-order valence-electron chi connectivity index (χ2n) is 4.08. The molecule has 1 aliphatic rings. The maximum atomic E-state index is 13.3. The predicted molar refractivity (Wildman–Crippen MR) is 65.0 cm³/mol. The summed E-state index contributed by atoms with van der Waals surface area (Å²) in [6.45, 7) is 3.75. The molecule has 0 bridgehead atoms. The molecule has 0 saturated carbocycles. The molecule has 1 atom stereocenters. The third-order valence-electron chi connectivity index (χ3n) is 2.93. The third-order valence-corrected chi connectivity index (χ3v) is 3.54. The van der Waals surface area contributed by atoms with E-state index in [0.29, 0.717) is 16.6 Å². The molecule has 1 amide bonds. The molecular formula is C11H12BrFN2O. The van der Waals surface area contributed by atoms with Gasteiger partial charge in [0.1, 0.15) is 11.4 Å². The Hall–Kier alpha value is -1.10. The Morgan fingerprint density at radius 3 is 2.75 bits per heavy atom. The molecule has 1 aliphatic heterocycles. The number of nitrogens with one attached hydrogen (secondary N) is 2. The summed E-state index contributed by atoms with van der Waals surface area (Å²) in [7, 11) is 0. The average molecular weight is 287 g/mol. The molecule has 2 rings (SSSR count). The highest BCUT2D eigenvalue weighted by molar-refractivity contribution is 9.10. The smallest absolute Gasteiger partial charge is 0.249 e. The van der Waals surface area contributed by atoms with Crippen LogP contribution in [0, 0.1) is 5.82 Å². The average Bonchev–Trinajstić information content (AvgIpc) is 2.23. The largest absolute Gasteiger partial charge is 0.370 e. The highest BCUT2D eigenvalue weighted by Gasteiger charge is 2.36. The molecule has 0 radical (unpaired) electrons. The Balaban J connectivity index is 2.47. The van der Waals surface area contributed by atoms with Crippen molar-refractivity contribution in [1.82, 2.24) is 0 Å². The van der Waals surface area contributed by atoms with Gasteiger partial charge in [0.05, 0.1) is 15.8 Å². The lowest BCUT2D eigenvalue weighted by Gasteiger charge is -2.35. The van der Waals surface area contributed by atoms with Crippen LogP contribution in [0.3, 0.4) is 0 Å². The van der Waals surface area contributed by atoms with Gasteiger partial charge in [-0.25, -0.2) is 4.39 Å². The van der Waals surface area contributed by atoms with Gasteiger partial charge in [-0.2, -0.15) is 0 Å². The van der Waals surface area contributed by atoms with Crippen molar-refractivity contribution in [3.8, 4) is 0 Å². The molecule has 0 aliphatic carbocycles. The Labute approximate surface area is 102 Å². The topological polar surface area (TPSA) is 41.1 Å². The summed E-state index contributed by atoms with van der Waals surface area (Å²) in [6, 6.07) is 2.94. The molecule has 2 N–H and O–H groups in total. The van der Waals surface area contributed by atoms with Gasteiger partial charge >= 0.3 is 0 Å². The minimum absolute atomic E-state index is 0.135. The SMILES string of the molecule is CCC1(C)Nc2cc(Br)c(F)cc2NC1=O. The predicted octanol–water partition coefficient (Wildman–Crippen LogP) is 3.12. The van der Waals surface area contributed by atoms with Crippen molar-refractivity contribution in [3.63, 3.8) is 0 Å². The highest BCUT2D eigenvalue weighted by Crippen LogP contribution is 2.35. The van der Waals surface area contributed by atoms with E-state index in [1.165, 1.54) is 6.07 Å². The van der Waals surface area contributed by atoms with Crippen molar-refractivity contribution >= 4 is 33.2 Å². The maximum absolute atomic E-state index is 13.3. The summed E-state index contributed by atoms with van der Waals surface area (Å²) in [6.07, 6.45) is 0.660. The fraction of sp³-hybridized carbons (Fsp3) is 0.364. The molecule has 0 saturated heterocycles. The van der Waals surface area contributed by atoms with Gasteiger partial charge in [0.2, 0.25) is 5.91 Å². The van der Waals surface area contributed by atoms with E-state index < -0.39 is 5.54 Å². The van der Waals surface area contributed by atoms with Gasteiger partial charge in [-0.05, 0) is 35.3 Å². The maximum Gasteiger partial charge on any atom is 0.249 e. The summed E-state index contributed by atoms with van der Waals surface area (Å²) in [5.74, 6) is -0.523. The van der Waals surface area contributed by atoms with Crippen LogP contribution in [-0.4, -0.2) is 11.4 Å². The molecule has 0 fully saturated rings. The Bertz CT molecular complexity index is 464. The van der Waals surface area contributed by atoms with Gasteiger partial charge in [-0.3, -0.25) is 4.79 Å². The zero-order valence-electron chi connectivity index (χ0n) is 9.03. The van der Waals surface area contributed by atoms with E-state index in [1.807, 2.05) is 13.8 Å². The second-order valence-corrected chi connectivity index (χ2v) is 4.93. The molecule has 1 heterocycles. The van der Waals surface area contributed by atoms with Gasteiger partial charge in [0.25, 0.3) is 0 Å². The number of rotatable bonds is 1. The Kier molecular flexibility index (Phi) is 2.66. The summed E-state index contributed by atoms with van der Waals surface area (Å²) in [4.78, 5) is 11.8. The summed E-state index contributed by atoms with van der Waals surface area (Å²) in [5.41, 5.74) is 0.582. The number of hydrogen-bond acceptors (Lipinski definition) is 2. The normalized spacial score (nSPS) is 23.4. The fourth-order valence-electron chi connectivity index (χ4n) is 1.62. The van der Waals surface area contributed by atoms with E-state index in [-0.39, 0.29) is 11.7 Å². The zero-order valence-corrected chi connectivity index (χ0v) is 10.6. The van der Waals surface area contributed by atoms with Crippen LogP contribution in [0.2, 0.25) is 0 Å². The number of amides is 1. The Morgan fingerprint density at radius 2 is 2.12 bits per heavy atom. The van der Waals surface area contributed by atoms with E-state index >= 15 is 0 Å². The first-order chi connectivity index (χ1) is 7.46. The number of anilines is 2. The van der Waals surface area contributed by atoms with E-state index in [2.05, 4.69) is 26.6 Å².